The summed E-state index contributed by atoms with van der Waals surface area (Å²) in [6.45, 7) is 8.64. The molecule has 0 saturated heterocycles. The molecular weight excluding hydrogens is 340 g/mol. The number of benzene rings is 2. The van der Waals surface area contributed by atoms with Gasteiger partial charge in [-0.1, -0.05) is 36.4 Å². The summed E-state index contributed by atoms with van der Waals surface area (Å²) in [6.07, 6.45) is 3.75. The second-order valence-electron chi connectivity index (χ2n) is 7.35. The Bertz CT molecular complexity index is 1070. The Kier molecular flexibility index (Phi) is 4.79. The van der Waals surface area contributed by atoms with Crippen LogP contribution in [-0.2, 0) is 0 Å². The predicted octanol–water partition coefficient (Wildman–Crippen LogP) is 6.71. The highest BCUT2D eigenvalue weighted by molar-refractivity contribution is 5.75. The fourth-order valence-electron chi connectivity index (χ4n) is 3.60. The maximum atomic E-state index is 4.60. The lowest BCUT2D eigenvalue weighted by Crippen LogP contribution is -1.92. The minimum absolute atomic E-state index is 0.894. The molecule has 2 nitrogen and oxygen atoms in total. The Morgan fingerprint density at radius 3 is 1.39 bits per heavy atom. The second kappa shape index (κ2) is 7.40. The highest BCUT2D eigenvalue weighted by atomic mass is 14.8. The third-order valence-electron chi connectivity index (χ3n) is 5.61. The van der Waals surface area contributed by atoms with Crippen LogP contribution in [0.4, 0.5) is 0 Å². The van der Waals surface area contributed by atoms with Gasteiger partial charge in [0, 0.05) is 12.4 Å². The summed E-state index contributed by atoms with van der Waals surface area (Å²) in [5.74, 6) is 0. The van der Waals surface area contributed by atoms with Gasteiger partial charge in [0.05, 0.1) is 11.4 Å². The molecule has 2 heteroatoms. The molecule has 2 heterocycles. The van der Waals surface area contributed by atoms with E-state index in [4.69, 9.17) is 0 Å². The lowest BCUT2D eigenvalue weighted by atomic mass is 9.96. The van der Waals surface area contributed by atoms with Gasteiger partial charge in [0.15, 0.2) is 0 Å². The molecule has 0 unspecified atom stereocenters. The van der Waals surface area contributed by atoms with Crippen LogP contribution in [0.15, 0.2) is 73.1 Å². The molecule has 0 aliphatic rings. The van der Waals surface area contributed by atoms with Crippen molar-refractivity contribution in [2.75, 3.05) is 0 Å². The molecule has 2 aromatic heterocycles. The summed E-state index contributed by atoms with van der Waals surface area (Å²) in [6, 6.07) is 21.3. The minimum Gasteiger partial charge on any atom is -0.255 e. The van der Waals surface area contributed by atoms with Gasteiger partial charge in [0.2, 0.25) is 0 Å². The molecule has 0 bridgehead atoms. The first kappa shape index (κ1) is 18.1. The highest BCUT2D eigenvalue weighted by Gasteiger charge is 2.10. The lowest BCUT2D eigenvalue weighted by Gasteiger charge is -2.11. The molecule has 2 aromatic carbocycles. The van der Waals surface area contributed by atoms with Gasteiger partial charge in [-0.25, -0.2) is 0 Å². The van der Waals surface area contributed by atoms with Gasteiger partial charge in [-0.05, 0) is 96.5 Å². The van der Waals surface area contributed by atoms with Gasteiger partial charge in [-0.2, -0.15) is 0 Å². The molecule has 4 rings (SSSR count). The van der Waals surface area contributed by atoms with Crippen molar-refractivity contribution in [1.29, 1.82) is 0 Å². The number of aromatic nitrogens is 2. The first-order valence-corrected chi connectivity index (χ1v) is 9.60. The van der Waals surface area contributed by atoms with Crippen LogP contribution in [0.2, 0.25) is 0 Å². The van der Waals surface area contributed by atoms with E-state index in [1.165, 1.54) is 44.5 Å². The van der Waals surface area contributed by atoms with E-state index in [1.54, 1.807) is 0 Å². The van der Waals surface area contributed by atoms with Crippen molar-refractivity contribution in [1.82, 2.24) is 9.97 Å². The molecule has 28 heavy (non-hydrogen) atoms. The van der Waals surface area contributed by atoms with Crippen LogP contribution < -0.4 is 0 Å². The summed E-state index contributed by atoms with van der Waals surface area (Å²) >= 11 is 0. The van der Waals surface area contributed by atoms with Gasteiger partial charge in [0.1, 0.15) is 0 Å². The van der Waals surface area contributed by atoms with Crippen LogP contribution in [-0.4, -0.2) is 9.97 Å². The molecule has 0 aliphatic carbocycles. The maximum absolute atomic E-state index is 4.60. The molecule has 0 N–H and O–H groups in total. The van der Waals surface area contributed by atoms with Crippen molar-refractivity contribution in [3.8, 4) is 33.6 Å². The van der Waals surface area contributed by atoms with Crippen molar-refractivity contribution in [2.24, 2.45) is 0 Å². The summed E-state index contributed by atoms with van der Waals surface area (Å²) in [5.41, 5.74) is 11.8. The van der Waals surface area contributed by atoms with Crippen molar-refractivity contribution < 1.29 is 0 Å². The Morgan fingerprint density at radius 1 is 0.536 bits per heavy atom. The van der Waals surface area contributed by atoms with Crippen LogP contribution in [0.25, 0.3) is 33.6 Å². The molecule has 0 amide bonds. The third kappa shape index (κ3) is 3.34. The van der Waals surface area contributed by atoms with E-state index in [2.05, 4.69) is 98.3 Å². The number of pyridine rings is 2. The average molecular weight is 364 g/mol. The Hall–Kier alpha value is -3.26. The van der Waals surface area contributed by atoms with E-state index in [0.717, 1.165) is 11.4 Å². The van der Waals surface area contributed by atoms with Crippen molar-refractivity contribution in [2.45, 2.75) is 27.7 Å². The molecule has 4 aromatic rings. The molecule has 0 saturated carbocycles. The van der Waals surface area contributed by atoms with E-state index < -0.39 is 0 Å². The largest absolute Gasteiger partial charge is 0.255 e. The van der Waals surface area contributed by atoms with Crippen LogP contribution >= 0.6 is 0 Å². The van der Waals surface area contributed by atoms with Gasteiger partial charge < -0.3 is 0 Å². The zero-order valence-electron chi connectivity index (χ0n) is 16.8. The topological polar surface area (TPSA) is 25.8 Å². The molecule has 0 atom stereocenters. The SMILES string of the molecule is Cc1cccc(-c2ccnc(-c3cc(-c4cccc(C)c4C)ccn3)c2)c1C. The molecule has 0 fully saturated rings. The highest BCUT2D eigenvalue weighted by Crippen LogP contribution is 2.30. The number of hydrogen-bond donors (Lipinski definition) is 0. The van der Waals surface area contributed by atoms with Gasteiger partial charge >= 0.3 is 0 Å². The zero-order chi connectivity index (χ0) is 19.7. The number of rotatable bonds is 3. The summed E-state index contributed by atoms with van der Waals surface area (Å²) in [4.78, 5) is 9.20. The van der Waals surface area contributed by atoms with Crippen LogP contribution in [0, 0.1) is 27.7 Å². The molecule has 0 aliphatic heterocycles. The average Bonchev–Trinajstić information content (AvgIpc) is 2.72. The Morgan fingerprint density at radius 2 is 0.964 bits per heavy atom. The van der Waals surface area contributed by atoms with E-state index in [1.807, 2.05) is 12.4 Å². The summed E-state index contributed by atoms with van der Waals surface area (Å²) in [7, 11) is 0. The second-order valence-corrected chi connectivity index (χ2v) is 7.35. The Labute approximate surface area is 167 Å². The van der Waals surface area contributed by atoms with Crippen LogP contribution in [0.3, 0.4) is 0 Å². The first-order chi connectivity index (χ1) is 13.5. The fourth-order valence-corrected chi connectivity index (χ4v) is 3.60. The number of hydrogen-bond acceptors (Lipinski definition) is 2. The quantitative estimate of drug-likeness (QED) is 0.404. The van der Waals surface area contributed by atoms with E-state index >= 15 is 0 Å². The zero-order valence-corrected chi connectivity index (χ0v) is 16.8. The predicted molar refractivity (Wildman–Crippen MR) is 117 cm³/mol. The first-order valence-electron chi connectivity index (χ1n) is 9.60. The van der Waals surface area contributed by atoms with Gasteiger partial charge in [0.25, 0.3) is 0 Å². The van der Waals surface area contributed by atoms with Crippen molar-refractivity contribution in [3.05, 3.63) is 95.3 Å². The van der Waals surface area contributed by atoms with E-state index in [9.17, 15) is 0 Å². The summed E-state index contributed by atoms with van der Waals surface area (Å²) < 4.78 is 0. The van der Waals surface area contributed by atoms with Crippen molar-refractivity contribution in [3.63, 3.8) is 0 Å². The van der Waals surface area contributed by atoms with E-state index in [-0.39, 0.29) is 0 Å². The fraction of sp³-hybridized carbons (Fsp3) is 0.154. The minimum atomic E-state index is 0.894. The lowest BCUT2D eigenvalue weighted by molar-refractivity contribution is 1.24. The van der Waals surface area contributed by atoms with Gasteiger partial charge in [-0.3, -0.25) is 9.97 Å². The van der Waals surface area contributed by atoms with E-state index in [0.29, 0.717) is 0 Å². The standard InChI is InChI=1S/C26H24N2/c1-17-7-5-9-23(19(17)3)21-11-13-27-25(15-21)26-16-22(12-14-28-26)24-10-6-8-18(2)20(24)4/h5-16H,1-4H3. The Balaban J connectivity index is 1.79. The smallest absolute Gasteiger partial charge is 0.0892 e. The monoisotopic (exact) mass is 364 g/mol. The third-order valence-corrected chi connectivity index (χ3v) is 5.61. The summed E-state index contributed by atoms with van der Waals surface area (Å²) in [5, 5.41) is 0. The normalized spacial score (nSPS) is 10.9. The molecule has 138 valence electrons. The van der Waals surface area contributed by atoms with Crippen LogP contribution in [0.1, 0.15) is 22.3 Å². The van der Waals surface area contributed by atoms with Gasteiger partial charge in [-0.15, -0.1) is 0 Å². The van der Waals surface area contributed by atoms with Crippen LogP contribution in [0.5, 0.6) is 0 Å². The molecule has 0 spiro atoms. The maximum Gasteiger partial charge on any atom is 0.0892 e. The number of nitrogens with zero attached hydrogens (tertiary/aromatic N) is 2. The molecule has 0 radical (unpaired) electrons. The number of aryl methyl sites for hydroxylation is 2. The molecular formula is C26H24N2. The van der Waals surface area contributed by atoms with Crippen molar-refractivity contribution >= 4 is 0 Å².